The second-order valence-electron chi connectivity index (χ2n) is 6.29. The van der Waals surface area contributed by atoms with Gasteiger partial charge in [0.15, 0.2) is 11.5 Å². The number of methoxy groups -OCH3 is 2. The molecule has 7 heteroatoms. The standard InChI is InChI=1S/C22H22FN3O3/c1-28-19-9-7-15(11-20(19)29-2)13-24-21-10-8-17(14-25-21)26-22(27)12-16-5-3-4-6-18(16)23/h3-11,14H,12-13H2,1-2H3,(H,24,25)(H,26,27). The molecule has 2 aromatic carbocycles. The zero-order chi connectivity index (χ0) is 20.6. The SMILES string of the molecule is COc1ccc(CNc2ccc(NC(=O)Cc3ccccc3F)cn2)cc1OC. The van der Waals surface area contributed by atoms with E-state index in [0.29, 0.717) is 35.1 Å². The third kappa shape index (κ3) is 5.44. The Morgan fingerprint density at radius 3 is 2.52 bits per heavy atom. The number of ether oxygens (including phenoxy) is 2. The van der Waals surface area contributed by atoms with Gasteiger partial charge in [0.2, 0.25) is 5.91 Å². The van der Waals surface area contributed by atoms with E-state index in [1.165, 1.54) is 6.07 Å². The van der Waals surface area contributed by atoms with Crippen LogP contribution in [-0.4, -0.2) is 25.1 Å². The minimum atomic E-state index is -0.393. The first-order chi connectivity index (χ1) is 14.1. The zero-order valence-corrected chi connectivity index (χ0v) is 16.2. The molecule has 0 fully saturated rings. The largest absolute Gasteiger partial charge is 0.493 e. The fraction of sp³-hybridized carbons (Fsp3) is 0.182. The second kappa shape index (κ2) is 9.54. The van der Waals surface area contributed by atoms with Gasteiger partial charge in [0.1, 0.15) is 11.6 Å². The highest BCUT2D eigenvalue weighted by Crippen LogP contribution is 2.27. The summed E-state index contributed by atoms with van der Waals surface area (Å²) in [5.74, 6) is 1.29. The Morgan fingerprint density at radius 1 is 1.03 bits per heavy atom. The maximum atomic E-state index is 13.6. The van der Waals surface area contributed by atoms with Gasteiger partial charge in [0.25, 0.3) is 0 Å². The van der Waals surface area contributed by atoms with Crippen molar-refractivity contribution in [2.45, 2.75) is 13.0 Å². The van der Waals surface area contributed by atoms with Crippen LogP contribution in [0, 0.1) is 5.82 Å². The van der Waals surface area contributed by atoms with Crippen molar-refractivity contribution < 1.29 is 18.7 Å². The molecule has 3 rings (SSSR count). The normalized spacial score (nSPS) is 10.3. The lowest BCUT2D eigenvalue weighted by Crippen LogP contribution is -2.15. The highest BCUT2D eigenvalue weighted by Gasteiger charge is 2.09. The number of halogens is 1. The van der Waals surface area contributed by atoms with E-state index in [1.54, 1.807) is 50.7 Å². The third-order valence-electron chi connectivity index (χ3n) is 4.28. The summed E-state index contributed by atoms with van der Waals surface area (Å²) < 4.78 is 24.2. The van der Waals surface area contributed by atoms with E-state index >= 15 is 0 Å². The summed E-state index contributed by atoms with van der Waals surface area (Å²) in [5, 5.41) is 5.93. The van der Waals surface area contributed by atoms with E-state index < -0.39 is 5.82 Å². The van der Waals surface area contributed by atoms with Crippen LogP contribution in [0.5, 0.6) is 11.5 Å². The number of rotatable bonds is 8. The van der Waals surface area contributed by atoms with Gasteiger partial charge in [-0.3, -0.25) is 4.79 Å². The van der Waals surface area contributed by atoms with Gasteiger partial charge in [-0.05, 0) is 41.5 Å². The first kappa shape index (κ1) is 20.1. The number of aromatic nitrogens is 1. The molecule has 0 radical (unpaired) electrons. The van der Waals surface area contributed by atoms with Crippen LogP contribution in [0.3, 0.4) is 0 Å². The average Bonchev–Trinajstić information content (AvgIpc) is 2.74. The number of anilines is 2. The van der Waals surface area contributed by atoms with E-state index in [-0.39, 0.29) is 12.3 Å². The molecule has 0 atom stereocenters. The van der Waals surface area contributed by atoms with Gasteiger partial charge in [-0.15, -0.1) is 0 Å². The number of nitrogens with zero attached hydrogens (tertiary/aromatic N) is 1. The molecule has 6 nitrogen and oxygen atoms in total. The molecule has 3 aromatic rings. The van der Waals surface area contributed by atoms with Crippen molar-refractivity contribution in [2.75, 3.05) is 24.9 Å². The van der Waals surface area contributed by atoms with Crippen molar-refractivity contribution in [2.24, 2.45) is 0 Å². The Kier molecular flexibility index (Phi) is 6.63. The van der Waals surface area contributed by atoms with Gasteiger partial charge in [0, 0.05) is 6.54 Å². The minimum absolute atomic E-state index is 0.0357. The lowest BCUT2D eigenvalue weighted by molar-refractivity contribution is -0.115. The molecule has 0 aliphatic rings. The third-order valence-corrected chi connectivity index (χ3v) is 4.28. The maximum Gasteiger partial charge on any atom is 0.228 e. The molecule has 0 aliphatic carbocycles. The summed E-state index contributed by atoms with van der Waals surface area (Å²) in [5.41, 5.74) is 1.90. The molecule has 0 bridgehead atoms. The minimum Gasteiger partial charge on any atom is -0.493 e. The van der Waals surface area contributed by atoms with E-state index in [1.807, 2.05) is 18.2 Å². The Balaban J connectivity index is 1.55. The Hall–Kier alpha value is -3.61. The molecule has 0 unspecified atom stereocenters. The highest BCUT2D eigenvalue weighted by atomic mass is 19.1. The van der Waals surface area contributed by atoms with Crippen molar-refractivity contribution in [1.29, 1.82) is 0 Å². The van der Waals surface area contributed by atoms with Gasteiger partial charge < -0.3 is 20.1 Å². The number of pyridine rings is 1. The van der Waals surface area contributed by atoms with Crippen LogP contribution in [0.25, 0.3) is 0 Å². The van der Waals surface area contributed by atoms with Gasteiger partial charge in [-0.25, -0.2) is 9.37 Å². The van der Waals surface area contributed by atoms with Gasteiger partial charge in [-0.1, -0.05) is 24.3 Å². The average molecular weight is 395 g/mol. The molecule has 0 saturated carbocycles. The van der Waals surface area contributed by atoms with E-state index in [2.05, 4.69) is 15.6 Å². The van der Waals surface area contributed by atoms with Gasteiger partial charge in [-0.2, -0.15) is 0 Å². The first-order valence-electron chi connectivity index (χ1n) is 9.03. The molecule has 2 N–H and O–H groups in total. The smallest absolute Gasteiger partial charge is 0.228 e. The van der Waals surface area contributed by atoms with Crippen LogP contribution in [0.2, 0.25) is 0 Å². The molecule has 0 saturated heterocycles. The van der Waals surface area contributed by atoms with Crippen LogP contribution in [0.15, 0.2) is 60.8 Å². The Morgan fingerprint density at radius 2 is 1.83 bits per heavy atom. The van der Waals surface area contributed by atoms with Crippen LogP contribution >= 0.6 is 0 Å². The summed E-state index contributed by atoms with van der Waals surface area (Å²) >= 11 is 0. The lowest BCUT2D eigenvalue weighted by Gasteiger charge is -2.11. The van der Waals surface area contributed by atoms with Crippen molar-refractivity contribution in [3.63, 3.8) is 0 Å². The molecule has 1 aromatic heterocycles. The predicted molar refractivity (Wildman–Crippen MR) is 110 cm³/mol. The fourth-order valence-corrected chi connectivity index (χ4v) is 2.78. The van der Waals surface area contributed by atoms with Crippen LogP contribution in [0.4, 0.5) is 15.9 Å². The van der Waals surface area contributed by atoms with E-state index in [4.69, 9.17) is 9.47 Å². The monoisotopic (exact) mass is 395 g/mol. The molecule has 150 valence electrons. The summed E-state index contributed by atoms with van der Waals surface area (Å²) in [6.45, 7) is 0.548. The quantitative estimate of drug-likeness (QED) is 0.603. The van der Waals surface area contributed by atoms with Gasteiger partial charge >= 0.3 is 0 Å². The highest BCUT2D eigenvalue weighted by molar-refractivity contribution is 5.92. The molecule has 0 spiro atoms. The summed E-state index contributed by atoms with van der Waals surface area (Å²) in [7, 11) is 3.19. The first-order valence-corrected chi connectivity index (χ1v) is 9.03. The topological polar surface area (TPSA) is 72.5 Å². The van der Waals surface area contributed by atoms with Crippen LogP contribution in [0.1, 0.15) is 11.1 Å². The number of hydrogen-bond acceptors (Lipinski definition) is 5. The molecule has 0 aliphatic heterocycles. The van der Waals surface area contributed by atoms with Crippen molar-refractivity contribution in [1.82, 2.24) is 4.98 Å². The number of hydrogen-bond donors (Lipinski definition) is 2. The zero-order valence-electron chi connectivity index (χ0n) is 16.2. The number of carbonyl (C=O) groups is 1. The molecular weight excluding hydrogens is 373 g/mol. The molecular formula is C22H22FN3O3. The van der Waals surface area contributed by atoms with Crippen LogP contribution in [-0.2, 0) is 17.8 Å². The summed E-state index contributed by atoms with van der Waals surface area (Å²) in [4.78, 5) is 16.4. The summed E-state index contributed by atoms with van der Waals surface area (Å²) in [6, 6.07) is 15.4. The van der Waals surface area contributed by atoms with Crippen molar-refractivity contribution in [3.05, 3.63) is 77.7 Å². The predicted octanol–water partition coefficient (Wildman–Crippen LogP) is 4.03. The Bertz CT molecular complexity index is 977. The fourth-order valence-electron chi connectivity index (χ4n) is 2.78. The summed E-state index contributed by atoms with van der Waals surface area (Å²) in [6.07, 6.45) is 1.52. The van der Waals surface area contributed by atoms with Crippen molar-refractivity contribution >= 4 is 17.4 Å². The number of benzene rings is 2. The molecule has 1 amide bonds. The number of carbonyl (C=O) groups excluding carboxylic acids is 1. The maximum absolute atomic E-state index is 13.6. The molecule has 1 heterocycles. The number of amides is 1. The van der Waals surface area contributed by atoms with E-state index in [9.17, 15) is 9.18 Å². The molecule has 29 heavy (non-hydrogen) atoms. The van der Waals surface area contributed by atoms with Crippen LogP contribution < -0.4 is 20.1 Å². The second-order valence-corrected chi connectivity index (χ2v) is 6.29. The van der Waals surface area contributed by atoms with E-state index in [0.717, 1.165) is 5.56 Å². The van der Waals surface area contributed by atoms with Crippen molar-refractivity contribution in [3.8, 4) is 11.5 Å². The number of nitrogens with one attached hydrogen (secondary N) is 2. The lowest BCUT2D eigenvalue weighted by atomic mass is 10.1. The van der Waals surface area contributed by atoms with Gasteiger partial charge in [0.05, 0.1) is 32.5 Å². The Labute approximate surface area is 168 Å².